The van der Waals surface area contributed by atoms with Crippen molar-refractivity contribution < 1.29 is 22.4 Å². The molecule has 0 atom stereocenters. The maximum absolute atomic E-state index is 12.7. The van der Waals surface area contributed by atoms with E-state index in [1.807, 2.05) is 0 Å². The molecular weight excluding hydrogens is 402 g/mol. The Labute approximate surface area is 166 Å². The number of nitrogens with one attached hydrogen (secondary N) is 2. The van der Waals surface area contributed by atoms with Gasteiger partial charge in [-0.25, -0.2) is 18.1 Å². The molecule has 0 spiro atoms. The third kappa shape index (κ3) is 4.65. The monoisotopic (exact) mass is 421 g/mol. The van der Waals surface area contributed by atoms with Crippen LogP contribution in [0.3, 0.4) is 0 Å². The van der Waals surface area contributed by atoms with E-state index in [0.29, 0.717) is 22.1 Å². The fourth-order valence-electron chi connectivity index (χ4n) is 2.41. The number of amides is 1. The molecule has 148 valence electrons. The molecule has 0 saturated carbocycles. The molecule has 1 aromatic carbocycles. The lowest BCUT2D eigenvalue weighted by molar-refractivity contribution is 0.102. The van der Waals surface area contributed by atoms with E-state index in [-0.39, 0.29) is 23.6 Å². The Bertz CT molecular complexity index is 1060. The van der Waals surface area contributed by atoms with Crippen molar-refractivity contribution in [2.75, 3.05) is 25.6 Å². The van der Waals surface area contributed by atoms with Gasteiger partial charge in [0.05, 0.1) is 17.8 Å². The summed E-state index contributed by atoms with van der Waals surface area (Å²) in [5.74, 6) is 0.162. The van der Waals surface area contributed by atoms with E-state index in [9.17, 15) is 13.2 Å². The summed E-state index contributed by atoms with van der Waals surface area (Å²) in [6, 6.07) is 7.93. The Hall–Kier alpha value is -2.53. The van der Waals surface area contributed by atoms with Gasteiger partial charge in [0.15, 0.2) is 10.9 Å². The molecule has 1 amide bonds. The Balaban J connectivity index is 1.78. The number of aryl methyl sites for hydroxylation is 1. The van der Waals surface area contributed by atoms with Crippen molar-refractivity contribution in [1.82, 2.24) is 9.71 Å². The highest BCUT2D eigenvalue weighted by Gasteiger charge is 2.19. The van der Waals surface area contributed by atoms with Crippen molar-refractivity contribution >= 4 is 32.4 Å². The summed E-state index contributed by atoms with van der Waals surface area (Å²) in [4.78, 5) is 17.0. The summed E-state index contributed by atoms with van der Waals surface area (Å²) in [6.07, 6.45) is 1.54. The summed E-state index contributed by atoms with van der Waals surface area (Å²) in [7, 11) is -2.25. The number of thiazole rings is 1. The van der Waals surface area contributed by atoms with E-state index < -0.39 is 15.9 Å². The Morgan fingerprint density at radius 3 is 2.86 bits per heavy atom. The summed E-state index contributed by atoms with van der Waals surface area (Å²) >= 11 is 1.25. The minimum absolute atomic E-state index is 0.00904. The van der Waals surface area contributed by atoms with Crippen LogP contribution < -0.4 is 10.0 Å². The van der Waals surface area contributed by atoms with Gasteiger partial charge in [0.2, 0.25) is 10.0 Å². The van der Waals surface area contributed by atoms with E-state index in [1.165, 1.54) is 30.6 Å². The molecule has 2 heterocycles. The van der Waals surface area contributed by atoms with Crippen molar-refractivity contribution in [3.8, 4) is 11.5 Å². The molecule has 0 aliphatic heterocycles. The van der Waals surface area contributed by atoms with Crippen LogP contribution in [-0.2, 0) is 14.8 Å². The summed E-state index contributed by atoms with van der Waals surface area (Å²) in [5, 5.41) is 4.86. The van der Waals surface area contributed by atoms with Gasteiger partial charge in [-0.1, -0.05) is 6.07 Å². The minimum atomic E-state index is -3.74. The van der Waals surface area contributed by atoms with Gasteiger partial charge in [0.1, 0.15) is 5.69 Å². The quantitative estimate of drug-likeness (QED) is 0.541. The second-order valence-corrected chi connectivity index (χ2v) is 8.46. The predicted molar refractivity (Wildman–Crippen MR) is 106 cm³/mol. The first kappa shape index (κ1) is 20.2. The zero-order valence-electron chi connectivity index (χ0n) is 15.3. The molecule has 0 radical (unpaired) electrons. The number of aromatic nitrogens is 1. The van der Waals surface area contributed by atoms with Crippen LogP contribution in [0.5, 0.6) is 0 Å². The van der Waals surface area contributed by atoms with Crippen LogP contribution in [0.4, 0.5) is 5.13 Å². The molecule has 2 N–H and O–H groups in total. The van der Waals surface area contributed by atoms with Gasteiger partial charge in [-0.05, 0) is 36.8 Å². The number of hydrogen-bond acceptors (Lipinski definition) is 7. The number of methoxy groups -OCH3 is 1. The number of rotatable bonds is 8. The SMILES string of the molecule is COCCNS(=O)(=O)c1ccc(C)c(C(=O)Nc2nc(-c3ccco3)cs2)c1. The number of benzene rings is 1. The second kappa shape index (κ2) is 8.65. The average Bonchev–Trinajstić information content (AvgIpc) is 3.33. The first-order valence-corrected chi connectivity index (χ1v) is 10.7. The van der Waals surface area contributed by atoms with E-state index >= 15 is 0 Å². The minimum Gasteiger partial charge on any atom is -0.463 e. The molecule has 3 rings (SSSR count). The van der Waals surface area contributed by atoms with Crippen molar-refractivity contribution in [3.05, 3.63) is 53.1 Å². The Morgan fingerprint density at radius 2 is 2.14 bits per heavy atom. The first-order valence-electron chi connectivity index (χ1n) is 8.31. The fraction of sp³-hybridized carbons (Fsp3) is 0.222. The van der Waals surface area contributed by atoms with Crippen molar-refractivity contribution in [2.45, 2.75) is 11.8 Å². The molecule has 0 fully saturated rings. The summed E-state index contributed by atoms with van der Waals surface area (Å²) in [6.45, 7) is 2.13. The highest BCUT2D eigenvalue weighted by atomic mass is 32.2. The van der Waals surface area contributed by atoms with E-state index in [1.54, 1.807) is 36.8 Å². The summed E-state index contributed by atoms with van der Waals surface area (Å²) in [5.41, 5.74) is 1.52. The van der Waals surface area contributed by atoms with Crippen LogP contribution in [0.2, 0.25) is 0 Å². The Morgan fingerprint density at radius 1 is 1.32 bits per heavy atom. The molecule has 28 heavy (non-hydrogen) atoms. The van der Waals surface area contributed by atoms with Crippen LogP contribution in [0, 0.1) is 6.92 Å². The van der Waals surface area contributed by atoms with Gasteiger partial charge in [0, 0.05) is 24.6 Å². The lowest BCUT2D eigenvalue weighted by Gasteiger charge is -2.10. The number of carbonyl (C=O) groups excluding carboxylic acids is 1. The smallest absolute Gasteiger partial charge is 0.257 e. The van der Waals surface area contributed by atoms with Gasteiger partial charge in [0.25, 0.3) is 5.91 Å². The van der Waals surface area contributed by atoms with Gasteiger partial charge < -0.3 is 9.15 Å². The first-order chi connectivity index (χ1) is 13.4. The zero-order valence-corrected chi connectivity index (χ0v) is 16.9. The molecule has 0 aliphatic rings. The lowest BCUT2D eigenvalue weighted by Crippen LogP contribution is -2.27. The highest BCUT2D eigenvalue weighted by Crippen LogP contribution is 2.26. The normalized spacial score (nSPS) is 11.5. The number of hydrogen-bond donors (Lipinski definition) is 2. The predicted octanol–water partition coefficient (Wildman–Crippen LogP) is 2.89. The third-order valence-electron chi connectivity index (χ3n) is 3.86. The van der Waals surface area contributed by atoms with Crippen LogP contribution in [0.25, 0.3) is 11.5 Å². The van der Waals surface area contributed by atoms with E-state index in [4.69, 9.17) is 9.15 Å². The standard InChI is InChI=1S/C18H19N3O5S2/c1-12-5-6-13(28(23,24)19-7-9-25-2)10-14(12)17(22)21-18-20-15(11-27-18)16-4-3-8-26-16/h3-6,8,10-11,19H,7,9H2,1-2H3,(H,20,21,22). The van der Waals surface area contributed by atoms with Crippen LogP contribution in [0.1, 0.15) is 15.9 Å². The van der Waals surface area contributed by atoms with Crippen molar-refractivity contribution in [3.63, 3.8) is 0 Å². The number of ether oxygens (including phenoxy) is 1. The average molecular weight is 422 g/mol. The lowest BCUT2D eigenvalue weighted by atomic mass is 10.1. The van der Waals surface area contributed by atoms with Gasteiger partial charge in [-0.2, -0.15) is 0 Å². The number of anilines is 1. The molecule has 2 aromatic heterocycles. The molecule has 10 heteroatoms. The molecule has 0 bridgehead atoms. The van der Waals surface area contributed by atoms with Gasteiger partial charge in [-0.3, -0.25) is 10.1 Å². The van der Waals surface area contributed by atoms with Crippen LogP contribution in [-0.4, -0.2) is 39.6 Å². The van der Waals surface area contributed by atoms with E-state index in [2.05, 4.69) is 15.0 Å². The molecule has 3 aromatic rings. The Kier molecular flexibility index (Phi) is 6.25. The van der Waals surface area contributed by atoms with Gasteiger partial charge in [-0.15, -0.1) is 11.3 Å². The largest absolute Gasteiger partial charge is 0.463 e. The van der Waals surface area contributed by atoms with Crippen molar-refractivity contribution in [1.29, 1.82) is 0 Å². The number of furan rings is 1. The number of sulfonamides is 1. The van der Waals surface area contributed by atoms with Gasteiger partial charge >= 0.3 is 0 Å². The molecular formula is C18H19N3O5S2. The maximum Gasteiger partial charge on any atom is 0.257 e. The van der Waals surface area contributed by atoms with Crippen molar-refractivity contribution in [2.24, 2.45) is 0 Å². The highest BCUT2D eigenvalue weighted by molar-refractivity contribution is 7.89. The molecule has 8 nitrogen and oxygen atoms in total. The number of nitrogens with zero attached hydrogens (tertiary/aromatic N) is 1. The summed E-state index contributed by atoms with van der Waals surface area (Å²) < 4.78 is 37.3. The topological polar surface area (TPSA) is 111 Å². The molecule has 0 saturated heterocycles. The maximum atomic E-state index is 12.7. The third-order valence-corrected chi connectivity index (χ3v) is 6.08. The second-order valence-electron chi connectivity index (χ2n) is 5.84. The molecule has 0 aliphatic carbocycles. The van der Waals surface area contributed by atoms with E-state index in [0.717, 1.165) is 0 Å². The fourth-order valence-corrected chi connectivity index (χ4v) is 4.14. The zero-order chi connectivity index (χ0) is 20.1. The van der Waals surface area contributed by atoms with Crippen LogP contribution >= 0.6 is 11.3 Å². The number of carbonyl (C=O) groups is 1. The van der Waals surface area contributed by atoms with Crippen LogP contribution in [0.15, 0.2) is 51.3 Å². The molecule has 0 unspecified atom stereocenters.